The van der Waals surface area contributed by atoms with Gasteiger partial charge in [-0.05, 0) is 44.6 Å². The number of methoxy groups -OCH3 is 1. The van der Waals surface area contributed by atoms with Crippen molar-refractivity contribution < 1.29 is 14.0 Å². The van der Waals surface area contributed by atoms with Crippen LogP contribution in [0, 0.1) is 0 Å². The molecular weight excluding hydrogens is 232 g/mol. The number of ether oxygens (including phenoxy) is 1. The third kappa shape index (κ3) is 7.45. The Morgan fingerprint density at radius 2 is 1.80 bits per heavy atom. The van der Waals surface area contributed by atoms with Crippen LogP contribution in [0.25, 0.3) is 0 Å². The number of carbonyl (C=O) groups excluding carboxylic acids is 1. The van der Waals surface area contributed by atoms with Crippen LogP contribution in [0.15, 0.2) is 11.5 Å². The van der Waals surface area contributed by atoms with Gasteiger partial charge < -0.3 is 9.16 Å². The lowest BCUT2D eigenvalue weighted by Gasteiger charge is -2.22. The highest BCUT2D eigenvalue weighted by molar-refractivity contribution is 6.70. The topological polar surface area (TPSA) is 35.5 Å². The van der Waals surface area contributed by atoms with Crippen LogP contribution in [0.5, 0.6) is 0 Å². The van der Waals surface area contributed by atoms with Gasteiger partial charge in [-0.25, -0.2) is 0 Å². The molecule has 0 fully saturated rings. The summed E-state index contributed by atoms with van der Waals surface area (Å²) in [7, 11) is -0.0901. The average molecular weight is 251 g/mol. The van der Waals surface area contributed by atoms with Crippen molar-refractivity contribution in [1.29, 1.82) is 0 Å². The van der Waals surface area contributed by atoms with E-state index in [-0.39, 0.29) is 5.24 Å². The molecular formula is C10H19ClO3Si. The van der Waals surface area contributed by atoms with Crippen LogP contribution in [0.2, 0.25) is 19.6 Å². The van der Waals surface area contributed by atoms with E-state index in [0.29, 0.717) is 18.8 Å². The Morgan fingerprint density at radius 3 is 2.13 bits per heavy atom. The Kier molecular flexibility index (Phi) is 5.98. The van der Waals surface area contributed by atoms with Gasteiger partial charge in [0.05, 0.1) is 7.11 Å². The highest BCUT2D eigenvalue weighted by Crippen LogP contribution is 2.18. The number of hydrogen-bond acceptors (Lipinski definition) is 3. The second kappa shape index (κ2) is 6.18. The third-order valence-corrected chi connectivity index (χ3v) is 2.62. The maximum atomic E-state index is 10.6. The summed E-state index contributed by atoms with van der Waals surface area (Å²) in [5.74, 6) is 0.534. The standard InChI is InChI=1S/C10H19ClO3Si/c1-8(6-7-9(11)12)10(13-2)14-15(3,4)5/h6-7H2,1-5H3. The predicted octanol–water partition coefficient (Wildman–Crippen LogP) is 3.26. The third-order valence-electron chi connectivity index (χ3n) is 1.63. The molecule has 0 N–H and O–H groups in total. The van der Waals surface area contributed by atoms with Gasteiger partial charge >= 0.3 is 0 Å². The molecule has 0 rings (SSSR count). The Balaban J connectivity index is 4.46. The number of allylic oxidation sites excluding steroid dienone is 1. The van der Waals surface area contributed by atoms with Crippen LogP contribution in [0.3, 0.4) is 0 Å². The van der Waals surface area contributed by atoms with Crippen LogP contribution in [-0.4, -0.2) is 20.7 Å². The molecule has 0 spiro atoms. The molecule has 88 valence electrons. The van der Waals surface area contributed by atoms with E-state index in [1.54, 1.807) is 7.11 Å². The molecule has 0 aromatic heterocycles. The zero-order chi connectivity index (χ0) is 12.1. The molecule has 0 aromatic rings. The Labute approximate surface area is 97.5 Å². The zero-order valence-corrected chi connectivity index (χ0v) is 11.8. The van der Waals surface area contributed by atoms with Gasteiger partial charge in [-0.1, -0.05) is 0 Å². The van der Waals surface area contributed by atoms with Crippen LogP contribution in [-0.2, 0) is 14.0 Å². The summed E-state index contributed by atoms with van der Waals surface area (Å²) >= 11 is 5.27. The minimum absolute atomic E-state index is 0.315. The van der Waals surface area contributed by atoms with Crippen LogP contribution in [0.4, 0.5) is 0 Å². The van der Waals surface area contributed by atoms with E-state index in [4.69, 9.17) is 20.8 Å². The first kappa shape index (κ1) is 14.5. The number of halogens is 1. The van der Waals surface area contributed by atoms with Crippen molar-refractivity contribution in [1.82, 2.24) is 0 Å². The van der Waals surface area contributed by atoms with E-state index in [2.05, 4.69) is 19.6 Å². The second-order valence-electron chi connectivity index (χ2n) is 4.34. The molecule has 5 heteroatoms. The van der Waals surface area contributed by atoms with Gasteiger partial charge in [-0.15, -0.1) is 0 Å². The molecule has 0 aliphatic carbocycles. The first-order chi connectivity index (χ1) is 6.76. The second-order valence-corrected chi connectivity index (χ2v) is 9.19. The largest absolute Gasteiger partial charge is 0.520 e. The van der Waals surface area contributed by atoms with Crippen molar-refractivity contribution in [3.63, 3.8) is 0 Å². The smallest absolute Gasteiger partial charge is 0.263 e. The minimum atomic E-state index is -1.66. The summed E-state index contributed by atoms with van der Waals surface area (Å²) in [6.07, 6.45) is 0.894. The molecule has 0 aliphatic rings. The predicted molar refractivity (Wildman–Crippen MR) is 64.2 cm³/mol. The van der Waals surface area contributed by atoms with E-state index in [1.165, 1.54) is 0 Å². The molecule has 15 heavy (non-hydrogen) atoms. The summed E-state index contributed by atoms with van der Waals surface area (Å²) in [6, 6.07) is 0. The fourth-order valence-electron chi connectivity index (χ4n) is 0.969. The quantitative estimate of drug-likeness (QED) is 0.412. The Bertz CT molecular complexity index is 256. The van der Waals surface area contributed by atoms with Gasteiger partial charge in [0.25, 0.3) is 5.95 Å². The fraction of sp³-hybridized carbons (Fsp3) is 0.700. The summed E-state index contributed by atoms with van der Waals surface area (Å²) in [4.78, 5) is 10.6. The number of carbonyl (C=O) groups is 1. The van der Waals surface area contributed by atoms with Gasteiger partial charge in [0.15, 0.2) is 0 Å². The van der Waals surface area contributed by atoms with Crippen molar-refractivity contribution in [3.05, 3.63) is 11.5 Å². The molecule has 0 radical (unpaired) electrons. The van der Waals surface area contributed by atoms with Crippen molar-refractivity contribution in [2.75, 3.05) is 7.11 Å². The van der Waals surface area contributed by atoms with Gasteiger partial charge in [0.1, 0.15) is 0 Å². The molecule has 0 aliphatic heterocycles. The van der Waals surface area contributed by atoms with Crippen LogP contribution in [0.1, 0.15) is 19.8 Å². The van der Waals surface area contributed by atoms with Crippen LogP contribution < -0.4 is 0 Å². The SMILES string of the molecule is COC(O[Si](C)(C)C)=C(C)CCC(=O)Cl. The number of rotatable bonds is 6. The van der Waals surface area contributed by atoms with Crippen molar-refractivity contribution >= 4 is 25.2 Å². The number of hydrogen-bond donors (Lipinski definition) is 0. The van der Waals surface area contributed by atoms with Crippen molar-refractivity contribution in [3.8, 4) is 0 Å². The molecule has 0 unspecified atom stereocenters. The maximum Gasteiger partial charge on any atom is 0.263 e. The first-order valence-corrected chi connectivity index (χ1v) is 8.66. The van der Waals surface area contributed by atoms with E-state index in [1.807, 2.05) is 6.92 Å². The fourth-order valence-corrected chi connectivity index (χ4v) is 1.88. The monoisotopic (exact) mass is 250 g/mol. The summed E-state index contributed by atoms with van der Waals surface area (Å²) in [5.41, 5.74) is 0.925. The van der Waals surface area contributed by atoms with Crippen molar-refractivity contribution in [2.45, 2.75) is 39.4 Å². The molecule has 0 saturated heterocycles. The molecule has 0 atom stereocenters. The summed E-state index contributed by atoms with van der Waals surface area (Å²) in [6.45, 7) is 8.11. The molecule has 0 aromatic carbocycles. The normalized spacial score (nSPS) is 13.2. The van der Waals surface area contributed by atoms with E-state index >= 15 is 0 Å². The summed E-state index contributed by atoms with van der Waals surface area (Å²) < 4.78 is 10.9. The highest BCUT2D eigenvalue weighted by atomic mass is 35.5. The van der Waals surface area contributed by atoms with Gasteiger partial charge in [0.2, 0.25) is 13.6 Å². The zero-order valence-electron chi connectivity index (χ0n) is 10.0. The Morgan fingerprint density at radius 1 is 1.27 bits per heavy atom. The van der Waals surface area contributed by atoms with Crippen LogP contribution >= 0.6 is 11.6 Å². The first-order valence-electron chi connectivity index (χ1n) is 4.87. The summed E-state index contributed by atoms with van der Waals surface area (Å²) in [5, 5.41) is -0.335. The molecule has 3 nitrogen and oxygen atoms in total. The van der Waals surface area contributed by atoms with Gasteiger partial charge in [-0.3, -0.25) is 4.79 Å². The van der Waals surface area contributed by atoms with Gasteiger partial charge in [0, 0.05) is 12.0 Å². The van der Waals surface area contributed by atoms with E-state index in [0.717, 1.165) is 5.57 Å². The molecule has 0 heterocycles. The van der Waals surface area contributed by atoms with Crippen molar-refractivity contribution in [2.24, 2.45) is 0 Å². The van der Waals surface area contributed by atoms with Gasteiger partial charge in [-0.2, -0.15) is 0 Å². The molecule has 0 bridgehead atoms. The molecule has 0 amide bonds. The van der Waals surface area contributed by atoms with E-state index < -0.39 is 8.32 Å². The lowest BCUT2D eigenvalue weighted by Crippen LogP contribution is -2.26. The minimum Gasteiger partial charge on any atom is -0.520 e. The highest BCUT2D eigenvalue weighted by Gasteiger charge is 2.19. The lowest BCUT2D eigenvalue weighted by atomic mass is 10.2. The average Bonchev–Trinajstić information content (AvgIpc) is 2.08. The molecule has 0 saturated carbocycles. The lowest BCUT2D eigenvalue weighted by molar-refractivity contribution is -0.111. The van der Waals surface area contributed by atoms with E-state index in [9.17, 15) is 4.79 Å². The Hall–Kier alpha value is -0.483. The maximum absolute atomic E-state index is 10.6.